The molecule has 0 spiro atoms. The molecule has 2 aromatic carbocycles. The quantitative estimate of drug-likeness (QED) is 0.159. The van der Waals surface area contributed by atoms with E-state index in [1.54, 1.807) is 42.9 Å². The number of esters is 1. The Labute approximate surface area is 249 Å². The SMILES string of the molecule is CCOC(=O)c1cnn2c1N(Cc1cn(-c3ccc([N+](=O)[O-])cc3C)nn1)C1=C(C(=O)CCC1)C2c1ccc([N+](=O)[O-])cc1. The number of aryl methyl sites for hydroxylation is 1. The predicted octanol–water partition coefficient (Wildman–Crippen LogP) is 4.38. The number of allylic oxidation sites excluding steroid dienone is 2. The summed E-state index contributed by atoms with van der Waals surface area (Å²) in [6.45, 7) is 3.71. The number of hydrogen-bond acceptors (Lipinski definition) is 11. The number of rotatable bonds is 8. The number of fused-ring (bicyclic) bond motifs is 1. The van der Waals surface area contributed by atoms with Crippen LogP contribution in [0.25, 0.3) is 5.69 Å². The standard InChI is InChI=1S/C29H26N8O7/c1-3-44-29(39)22-14-30-35-27(18-7-9-20(10-8-18)36(40)41)26-24(5-4-6-25(26)38)33(28(22)35)15-19-16-34(32-31-19)23-12-11-21(37(42)43)13-17(23)2/h7-14,16,27H,3-6,15H2,1-2H3. The Hall–Kier alpha value is -5.73. The normalized spacial score (nSPS) is 16.0. The highest BCUT2D eigenvalue weighted by atomic mass is 16.6. The van der Waals surface area contributed by atoms with E-state index >= 15 is 0 Å². The summed E-state index contributed by atoms with van der Waals surface area (Å²) in [6.07, 6.45) is 4.55. The van der Waals surface area contributed by atoms with Crippen LogP contribution in [0.3, 0.4) is 0 Å². The highest BCUT2D eigenvalue weighted by Gasteiger charge is 2.42. The Morgan fingerprint density at radius 1 is 1.07 bits per heavy atom. The Morgan fingerprint density at radius 3 is 2.48 bits per heavy atom. The van der Waals surface area contributed by atoms with Crippen molar-refractivity contribution in [2.24, 2.45) is 0 Å². The molecule has 0 N–H and O–H groups in total. The second-order valence-corrected chi connectivity index (χ2v) is 10.4. The topological polar surface area (TPSA) is 181 Å². The van der Waals surface area contributed by atoms with E-state index in [0.717, 1.165) is 0 Å². The maximum absolute atomic E-state index is 13.5. The van der Waals surface area contributed by atoms with Gasteiger partial charge in [-0.15, -0.1) is 5.10 Å². The number of ether oxygens (including phenoxy) is 1. The van der Waals surface area contributed by atoms with Gasteiger partial charge in [0.2, 0.25) is 0 Å². The van der Waals surface area contributed by atoms with Crippen LogP contribution in [-0.2, 0) is 16.1 Å². The zero-order valence-electron chi connectivity index (χ0n) is 23.7. The molecule has 1 aliphatic heterocycles. The molecule has 15 heteroatoms. The first-order valence-corrected chi connectivity index (χ1v) is 13.9. The van der Waals surface area contributed by atoms with Crippen molar-refractivity contribution >= 4 is 28.9 Å². The molecule has 0 saturated heterocycles. The van der Waals surface area contributed by atoms with Crippen LogP contribution in [0.5, 0.6) is 0 Å². The van der Waals surface area contributed by atoms with Crippen molar-refractivity contribution in [3.8, 4) is 5.69 Å². The average Bonchev–Trinajstić information content (AvgIpc) is 3.65. The number of nitrogens with zero attached hydrogens (tertiary/aromatic N) is 8. The molecule has 0 amide bonds. The molecule has 4 aromatic rings. The van der Waals surface area contributed by atoms with Crippen LogP contribution in [0.1, 0.15) is 59.4 Å². The van der Waals surface area contributed by atoms with Gasteiger partial charge in [-0.25, -0.2) is 14.2 Å². The minimum absolute atomic E-state index is 0.0383. The molecule has 2 aliphatic rings. The second kappa shape index (κ2) is 11.2. The van der Waals surface area contributed by atoms with Gasteiger partial charge in [0.25, 0.3) is 11.4 Å². The van der Waals surface area contributed by atoms with Crippen LogP contribution in [0.2, 0.25) is 0 Å². The Morgan fingerprint density at radius 2 is 1.80 bits per heavy atom. The van der Waals surface area contributed by atoms with Crippen molar-refractivity contribution in [3.63, 3.8) is 0 Å². The fourth-order valence-electron chi connectivity index (χ4n) is 5.77. The van der Waals surface area contributed by atoms with Gasteiger partial charge in [0.05, 0.1) is 41.1 Å². The van der Waals surface area contributed by atoms with E-state index in [-0.39, 0.29) is 35.9 Å². The van der Waals surface area contributed by atoms with Crippen molar-refractivity contribution in [2.75, 3.05) is 11.5 Å². The van der Waals surface area contributed by atoms with Crippen molar-refractivity contribution in [1.82, 2.24) is 24.8 Å². The lowest BCUT2D eigenvalue weighted by Crippen LogP contribution is -2.39. The molecule has 6 rings (SSSR count). The summed E-state index contributed by atoms with van der Waals surface area (Å²) in [7, 11) is 0. The van der Waals surface area contributed by atoms with Gasteiger partial charge >= 0.3 is 5.97 Å². The van der Waals surface area contributed by atoms with Gasteiger partial charge in [0, 0.05) is 42.0 Å². The van der Waals surface area contributed by atoms with Crippen molar-refractivity contribution < 1.29 is 24.2 Å². The molecule has 3 heterocycles. The predicted molar refractivity (Wildman–Crippen MR) is 154 cm³/mol. The summed E-state index contributed by atoms with van der Waals surface area (Å²) < 4.78 is 8.44. The van der Waals surface area contributed by atoms with E-state index in [0.29, 0.717) is 58.9 Å². The number of aromatic nitrogens is 5. The molecule has 1 aliphatic carbocycles. The van der Waals surface area contributed by atoms with Gasteiger partial charge in [0.15, 0.2) is 5.78 Å². The maximum atomic E-state index is 13.5. The van der Waals surface area contributed by atoms with Crippen LogP contribution in [0.15, 0.2) is 66.1 Å². The zero-order chi connectivity index (χ0) is 31.1. The molecule has 0 bridgehead atoms. The number of non-ortho nitro benzene ring substituents is 2. The molecular weight excluding hydrogens is 572 g/mol. The van der Waals surface area contributed by atoms with Crippen LogP contribution < -0.4 is 4.90 Å². The van der Waals surface area contributed by atoms with E-state index in [1.165, 1.54) is 35.1 Å². The van der Waals surface area contributed by atoms with Gasteiger partial charge in [-0.1, -0.05) is 5.21 Å². The number of hydrogen-bond donors (Lipinski definition) is 0. The summed E-state index contributed by atoms with van der Waals surface area (Å²) in [4.78, 5) is 50.0. The lowest BCUT2D eigenvalue weighted by Gasteiger charge is -2.40. The maximum Gasteiger partial charge on any atom is 0.343 e. The Balaban J connectivity index is 1.46. The first-order valence-electron chi connectivity index (χ1n) is 13.9. The van der Waals surface area contributed by atoms with Crippen molar-refractivity contribution in [1.29, 1.82) is 0 Å². The van der Waals surface area contributed by atoms with E-state index < -0.39 is 21.9 Å². The minimum Gasteiger partial charge on any atom is -0.462 e. The molecule has 1 atom stereocenters. The highest BCUT2D eigenvalue weighted by molar-refractivity contribution is 6.01. The Kier molecular flexibility index (Phi) is 7.20. The third kappa shape index (κ3) is 4.87. The van der Waals surface area contributed by atoms with E-state index in [4.69, 9.17) is 4.74 Å². The molecule has 0 saturated carbocycles. The van der Waals surface area contributed by atoms with E-state index in [1.807, 2.05) is 4.90 Å². The third-order valence-corrected chi connectivity index (χ3v) is 7.71. The van der Waals surface area contributed by atoms with Crippen molar-refractivity contribution in [3.05, 3.63) is 109 Å². The molecule has 0 radical (unpaired) electrons. The average molecular weight is 599 g/mol. The molecule has 1 unspecified atom stereocenters. The fraction of sp³-hybridized carbons (Fsp3) is 0.276. The summed E-state index contributed by atoms with van der Waals surface area (Å²) in [5, 5.41) is 35.6. The number of carbonyl (C=O) groups excluding carboxylic acids is 2. The fourth-order valence-corrected chi connectivity index (χ4v) is 5.77. The van der Waals surface area contributed by atoms with E-state index in [2.05, 4.69) is 15.4 Å². The third-order valence-electron chi connectivity index (χ3n) is 7.71. The Bertz CT molecular complexity index is 1860. The lowest BCUT2D eigenvalue weighted by atomic mass is 9.84. The van der Waals surface area contributed by atoms with Crippen LogP contribution >= 0.6 is 0 Å². The number of ketones is 1. The van der Waals surface area contributed by atoms with Crippen LogP contribution in [-0.4, -0.2) is 53.0 Å². The number of anilines is 1. The summed E-state index contributed by atoms with van der Waals surface area (Å²) >= 11 is 0. The molecule has 224 valence electrons. The first kappa shape index (κ1) is 28.4. The van der Waals surface area contributed by atoms with Gasteiger partial charge in [0.1, 0.15) is 23.1 Å². The van der Waals surface area contributed by atoms with E-state index in [9.17, 15) is 29.8 Å². The van der Waals surface area contributed by atoms with Gasteiger partial charge < -0.3 is 9.64 Å². The number of carbonyl (C=O) groups is 2. The van der Waals surface area contributed by atoms with Crippen molar-refractivity contribution in [2.45, 2.75) is 45.7 Å². The molecule has 44 heavy (non-hydrogen) atoms. The molecule has 0 fully saturated rings. The van der Waals surface area contributed by atoms with Crippen LogP contribution in [0.4, 0.5) is 17.2 Å². The molecule has 2 aromatic heterocycles. The van der Waals surface area contributed by atoms with Gasteiger partial charge in [-0.05, 0) is 56.0 Å². The monoisotopic (exact) mass is 598 g/mol. The summed E-state index contributed by atoms with van der Waals surface area (Å²) in [5.41, 5.74) is 3.61. The first-order chi connectivity index (χ1) is 21.2. The largest absolute Gasteiger partial charge is 0.462 e. The smallest absolute Gasteiger partial charge is 0.343 e. The summed E-state index contributed by atoms with van der Waals surface area (Å²) in [6, 6.07) is 9.67. The highest BCUT2D eigenvalue weighted by Crippen LogP contribution is 2.45. The van der Waals surface area contributed by atoms with Gasteiger partial charge in [-0.2, -0.15) is 5.10 Å². The summed E-state index contributed by atoms with van der Waals surface area (Å²) in [5.74, 6) is -0.262. The number of benzene rings is 2. The number of Topliss-reactive ketones (excluding diaryl/α,β-unsaturated/α-hetero) is 1. The molecule has 15 nitrogen and oxygen atoms in total. The zero-order valence-corrected chi connectivity index (χ0v) is 23.7. The number of nitro benzene ring substituents is 2. The van der Waals surface area contributed by atoms with Crippen LogP contribution in [0, 0.1) is 27.2 Å². The second-order valence-electron chi connectivity index (χ2n) is 10.4. The van der Waals surface area contributed by atoms with Gasteiger partial charge in [-0.3, -0.25) is 25.0 Å². The minimum atomic E-state index is -0.716. The lowest BCUT2D eigenvalue weighted by molar-refractivity contribution is -0.385. The number of nitro groups is 2. The molecular formula is C29H26N8O7.